The summed E-state index contributed by atoms with van der Waals surface area (Å²) in [5, 5.41) is 20.4. The van der Waals surface area contributed by atoms with E-state index in [4.69, 9.17) is 18.9 Å². The number of carbonyl (C=O) groups is 1. The number of hydrogen-bond acceptors (Lipinski definition) is 6. The van der Waals surface area contributed by atoms with Gasteiger partial charge in [-0.15, -0.1) is 0 Å². The Bertz CT molecular complexity index is 795. The molecule has 7 aliphatic rings. The zero-order valence-electron chi connectivity index (χ0n) is 22.9. The molecule has 214 valence electrons. The third-order valence-electron chi connectivity index (χ3n) is 10.7. The van der Waals surface area contributed by atoms with Crippen LogP contribution in [0, 0.1) is 35.0 Å². The molecule has 0 aromatic heterocycles. The summed E-state index contributed by atoms with van der Waals surface area (Å²) in [6.07, 6.45) is 18.9. The van der Waals surface area contributed by atoms with Crippen LogP contribution in [-0.4, -0.2) is 60.3 Å². The summed E-state index contributed by atoms with van der Waals surface area (Å²) in [5.74, 6) is 1.38. The lowest BCUT2D eigenvalue weighted by molar-refractivity contribution is -0.182. The normalized spacial score (nSPS) is 45.2. The van der Waals surface area contributed by atoms with Crippen molar-refractivity contribution >= 4 is 5.97 Å². The Balaban J connectivity index is 1.16. The first-order chi connectivity index (χ1) is 18.4. The zero-order valence-corrected chi connectivity index (χ0v) is 22.9. The standard InChI is InChI=1S/C31H48O7/c32-26-16-27(38-30-5-3-11-36-30)24(25(26)15-28(33)34)7-6-23(37-29-4-1-2-10-35-29)8-9-31-17-20-12-21(18-31)14-22(13-20)19-31/h6-7,20-27,29-30,32H,1-5,8-19H2,(H,33,34). The van der Waals surface area contributed by atoms with Crippen LogP contribution in [-0.2, 0) is 23.7 Å². The van der Waals surface area contributed by atoms with Crippen molar-refractivity contribution in [3.63, 3.8) is 0 Å². The molecule has 7 nitrogen and oxygen atoms in total. The highest BCUT2D eigenvalue weighted by molar-refractivity contribution is 5.67. The number of aliphatic hydroxyl groups excluding tert-OH is 1. The van der Waals surface area contributed by atoms with Crippen molar-refractivity contribution in [1.82, 2.24) is 0 Å². The van der Waals surface area contributed by atoms with Crippen molar-refractivity contribution in [2.75, 3.05) is 13.2 Å². The maximum atomic E-state index is 11.7. The van der Waals surface area contributed by atoms with Gasteiger partial charge in [0, 0.05) is 37.9 Å². The van der Waals surface area contributed by atoms with Crippen LogP contribution < -0.4 is 0 Å². The second-order valence-corrected chi connectivity index (χ2v) is 13.6. The Labute approximate surface area is 227 Å². The maximum absolute atomic E-state index is 11.7. The Hall–Kier alpha value is -0.990. The minimum atomic E-state index is -0.879. The molecule has 0 radical (unpaired) electrons. The van der Waals surface area contributed by atoms with Crippen LogP contribution in [0.2, 0.25) is 0 Å². The SMILES string of the molecule is O=C(O)CC1C(O)CC(OC2CCCO2)C1C=CC(CCC12CC3CC(CC(C3)C1)C2)OC1CCCCO1. The first-order valence-corrected chi connectivity index (χ1v) is 15.6. The molecule has 38 heavy (non-hydrogen) atoms. The van der Waals surface area contributed by atoms with Gasteiger partial charge in [-0.3, -0.25) is 4.79 Å². The lowest BCUT2D eigenvalue weighted by Gasteiger charge is -2.57. The van der Waals surface area contributed by atoms with Crippen LogP contribution in [0.25, 0.3) is 0 Å². The van der Waals surface area contributed by atoms with Crippen LogP contribution in [0.4, 0.5) is 0 Å². The molecular formula is C31H48O7. The molecular weight excluding hydrogens is 484 g/mol. The van der Waals surface area contributed by atoms with Gasteiger partial charge in [-0.25, -0.2) is 0 Å². The van der Waals surface area contributed by atoms with Gasteiger partial charge in [0.25, 0.3) is 0 Å². The smallest absolute Gasteiger partial charge is 0.303 e. The Kier molecular flexibility index (Phi) is 8.49. The molecule has 7 rings (SSSR count). The number of aliphatic hydroxyl groups is 1. The van der Waals surface area contributed by atoms with E-state index in [2.05, 4.69) is 12.2 Å². The molecule has 2 N–H and O–H groups in total. The van der Waals surface area contributed by atoms with E-state index in [1.165, 1.54) is 44.9 Å². The lowest BCUT2D eigenvalue weighted by Crippen LogP contribution is -2.46. The molecule has 7 unspecified atom stereocenters. The molecule has 0 aromatic rings. The molecule has 5 aliphatic carbocycles. The van der Waals surface area contributed by atoms with Gasteiger partial charge in [0.05, 0.1) is 24.7 Å². The van der Waals surface area contributed by atoms with Gasteiger partial charge < -0.3 is 29.2 Å². The highest BCUT2D eigenvalue weighted by Gasteiger charge is 2.50. The van der Waals surface area contributed by atoms with Crippen LogP contribution in [0.1, 0.15) is 96.3 Å². The van der Waals surface area contributed by atoms with Gasteiger partial charge in [0.1, 0.15) is 0 Å². The number of rotatable bonds is 11. The summed E-state index contributed by atoms with van der Waals surface area (Å²) in [5.41, 5.74) is 0.485. The Morgan fingerprint density at radius 1 is 0.947 bits per heavy atom. The van der Waals surface area contributed by atoms with Gasteiger partial charge in [-0.2, -0.15) is 0 Å². The summed E-state index contributed by atoms with van der Waals surface area (Å²) in [6, 6.07) is 0. The Morgan fingerprint density at radius 2 is 1.63 bits per heavy atom. The number of ether oxygens (including phenoxy) is 4. The van der Waals surface area contributed by atoms with Crippen LogP contribution in [0.5, 0.6) is 0 Å². The van der Waals surface area contributed by atoms with E-state index < -0.39 is 12.1 Å². The molecule has 0 spiro atoms. The molecule has 7 fully saturated rings. The summed E-state index contributed by atoms with van der Waals surface area (Å²) < 4.78 is 24.5. The van der Waals surface area contributed by atoms with Crippen molar-refractivity contribution in [2.24, 2.45) is 35.0 Å². The molecule has 7 heteroatoms. The largest absolute Gasteiger partial charge is 0.481 e. The molecule has 7 atom stereocenters. The number of carboxylic acids is 1. The van der Waals surface area contributed by atoms with Gasteiger partial charge in [-0.05, 0) is 100 Å². The maximum Gasteiger partial charge on any atom is 0.303 e. The van der Waals surface area contributed by atoms with Crippen molar-refractivity contribution in [1.29, 1.82) is 0 Å². The van der Waals surface area contributed by atoms with Gasteiger partial charge in [0.2, 0.25) is 0 Å². The summed E-state index contributed by atoms with van der Waals surface area (Å²) in [4.78, 5) is 11.7. The van der Waals surface area contributed by atoms with Crippen molar-refractivity contribution in [3.8, 4) is 0 Å². The third-order valence-corrected chi connectivity index (χ3v) is 10.7. The molecule has 5 saturated carbocycles. The molecule has 2 saturated heterocycles. The van der Waals surface area contributed by atoms with E-state index in [0.29, 0.717) is 18.4 Å². The quantitative estimate of drug-likeness (QED) is 0.342. The van der Waals surface area contributed by atoms with Gasteiger partial charge in [-0.1, -0.05) is 12.2 Å². The fourth-order valence-electron chi connectivity index (χ4n) is 9.36. The number of carboxylic acid groups (broad SMARTS) is 1. The predicted molar refractivity (Wildman–Crippen MR) is 141 cm³/mol. The summed E-state index contributed by atoms with van der Waals surface area (Å²) in [6.45, 7) is 1.45. The van der Waals surface area contributed by atoms with Crippen molar-refractivity contribution in [2.45, 2.75) is 127 Å². The number of hydrogen-bond donors (Lipinski definition) is 2. The minimum Gasteiger partial charge on any atom is -0.481 e. The first kappa shape index (κ1) is 27.2. The van der Waals surface area contributed by atoms with E-state index in [1.54, 1.807) is 0 Å². The topological polar surface area (TPSA) is 94.5 Å². The van der Waals surface area contributed by atoms with E-state index in [9.17, 15) is 15.0 Å². The van der Waals surface area contributed by atoms with Crippen LogP contribution >= 0.6 is 0 Å². The third kappa shape index (κ3) is 6.33. The van der Waals surface area contributed by atoms with Gasteiger partial charge in [0.15, 0.2) is 12.6 Å². The molecule has 2 heterocycles. The highest BCUT2D eigenvalue weighted by atomic mass is 16.7. The first-order valence-electron chi connectivity index (χ1n) is 15.6. The average Bonchev–Trinajstić information content (AvgIpc) is 3.48. The minimum absolute atomic E-state index is 0.0634. The zero-order chi connectivity index (χ0) is 26.1. The van der Waals surface area contributed by atoms with Crippen LogP contribution in [0.3, 0.4) is 0 Å². The van der Waals surface area contributed by atoms with E-state index >= 15 is 0 Å². The summed E-state index contributed by atoms with van der Waals surface area (Å²) >= 11 is 0. The lowest BCUT2D eigenvalue weighted by atomic mass is 9.48. The van der Waals surface area contributed by atoms with Crippen molar-refractivity contribution in [3.05, 3.63) is 12.2 Å². The highest BCUT2D eigenvalue weighted by Crippen LogP contribution is 2.61. The molecule has 4 bridgehead atoms. The fourth-order valence-corrected chi connectivity index (χ4v) is 9.36. The van der Waals surface area contributed by atoms with E-state index in [1.807, 2.05) is 0 Å². The molecule has 0 amide bonds. The van der Waals surface area contributed by atoms with Crippen molar-refractivity contribution < 1.29 is 34.0 Å². The second kappa shape index (κ2) is 11.9. The van der Waals surface area contributed by atoms with Crippen LogP contribution in [0.15, 0.2) is 12.2 Å². The average molecular weight is 533 g/mol. The van der Waals surface area contributed by atoms with E-state index in [0.717, 1.165) is 62.9 Å². The van der Waals surface area contributed by atoms with Gasteiger partial charge >= 0.3 is 5.97 Å². The summed E-state index contributed by atoms with van der Waals surface area (Å²) in [7, 11) is 0. The molecule has 0 aromatic carbocycles. The predicted octanol–water partition coefficient (Wildman–Crippen LogP) is 5.44. The second-order valence-electron chi connectivity index (χ2n) is 13.6. The number of aliphatic carboxylic acids is 1. The fraction of sp³-hybridized carbons (Fsp3) is 0.903. The van der Waals surface area contributed by atoms with E-state index in [-0.39, 0.29) is 43.0 Å². The molecule has 2 aliphatic heterocycles. The Morgan fingerprint density at radius 3 is 2.26 bits per heavy atom. The monoisotopic (exact) mass is 532 g/mol.